The number of hydrogen-bond acceptors (Lipinski definition) is 4. The molecule has 0 bridgehead atoms. The quantitative estimate of drug-likeness (QED) is 0.840. The minimum atomic E-state index is -3.33. The van der Waals surface area contributed by atoms with E-state index in [1.165, 1.54) is 0 Å². The fourth-order valence-corrected chi connectivity index (χ4v) is 4.67. The maximum atomic E-state index is 12.6. The lowest BCUT2D eigenvalue weighted by molar-refractivity contribution is 0.0995. The van der Waals surface area contributed by atoms with E-state index in [9.17, 15) is 13.2 Å². The van der Waals surface area contributed by atoms with Crippen molar-refractivity contribution in [3.05, 3.63) is 52.8 Å². The van der Waals surface area contributed by atoms with Crippen molar-refractivity contribution >= 4 is 15.9 Å². The van der Waals surface area contributed by atoms with Gasteiger partial charge in [-0.05, 0) is 31.4 Å². The summed E-state index contributed by atoms with van der Waals surface area (Å²) in [6, 6.07) is 9.21. The maximum absolute atomic E-state index is 12.6. The number of aryl methyl sites for hydroxylation is 1. The second-order valence-corrected chi connectivity index (χ2v) is 8.46. The molecule has 1 amide bonds. The van der Waals surface area contributed by atoms with Crippen LogP contribution < -0.4 is 5.73 Å². The summed E-state index contributed by atoms with van der Waals surface area (Å²) < 4.78 is 26.8. The summed E-state index contributed by atoms with van der Waals surface area (Å²) in [5.41, 5.74) is 8.17. The number of H-pyrrole nitrogens is 1. The molecule has 8 heteroatoms. The van der Waals surface area contributed by atoms with Gasteiger partial charge in [0, 0.05) is 24.7 Å². The Morgan fingerprint density at radius 2 is 1.92 bits per heavy atom. The molecule has 1 aromatic carbocycles. The van der Waals surface area contributed by atoms with Crippen LogP contribution in [0.15, 0.2) is 30.3 Å². The topological polar surface area (TPSA) is 109 Å². The number of benzene rings is 1. The number of primary amides is 1. The van der Waals surface area contributed by atoms with Crippen molar-refractivity contribution in [1.29, 1.82) is 0 Å². The van der Waals surface area contributed by atoms with Crippen molar-refractivity contribution in [2.75, 3.05) is 13.1 Å². The highest BCUT2D eigenvalue weighted by atomic mass is 32.2. The Balaban J connectivity index is 1.62. The van der Waals surface area contributed by atoms with E-state index in [2.05, 4.69) is 10.2 Å². The molecule has 1 aliphatic rings. The highest BCUT2D eigenvalue weighted by Gasteiger charge is 2.29. The van der Waals surface area contributed by atoms with Crippen LogP contribution in [0.5, 0.6) is 0 Å². The predicted molar refractivity (Wildman–Crippen MR) is 94.5 cm³/mol. The van der Waals surface area contributed by atoms with Crippen LogP contribution in [0.2, 0.25) is 0 Å². The van der Waals surface area contributed by atoms with Crippen molar-refractivity contribution in [3.63, 3.8) is 0 Å². The molecule has 0 radical (unpaired) electrons. The molecular weight excluding hydrogens is 340 g/mol. The second-order valence-electron chi connectivity index (χ2n) is 6.49. The highest BCUT2D eigenvalue weighted by molar-refractivity contribution is 7.88. The van der Waals surface area contributed by atoms with Crippen LogP contribution >= 0.6 is 0 Å². The van der Waals surface area contributed by atoms with E-state index in [1.54, 1.807) is 10.4 Å². The Hall–Kier alpha value is -2.19. The molecule has 0 unspecified atom stereocenters. The van der Waals surface area contributed by atoms with Gasteiger partial charge in [0.25, 0.3) is 5.91 Å². The maximum Gasteiger partial charge on any atom is 0.269 e. The zero-order valence-electron chi connectivity index (χ0n) is 14.1. The molecule has 0 saturated carbocycles. The summed E-state index contributed by atoms with van der Waals surface area (Å²) in [6.45, 7) is 2.90. The monoisotopic (exact) mass is 362 g/mol. The third-order valence-corrected chi connectivity index (χ3v) is 6.46. The second kappa shape index (κ2) is 6.97. The molecule has 134 valence electrons. The molecule has 1 fully saturated rings. The third-order valence-electron chi connectivity index (χ3n) is 4.61. The Kier molecular flexibility index (Phi) is 4.91. The molecule has 3 N–H and O–H groups in total. The third kappa shape index (κ3) is 4.08. The van der Waals surface area contributed by atoms with Crippen molar-refractivity contribution in [3.8, 4) is 0 Å². The largest absolute Gasteiger partial charge is 0.364 e. The number of nitrogens with two attached hydrogens (primary N) is 1. The van der Waals surface area contributed by atoms with Gasteiger partial charge in [-0.25, -0.2) is 12.7 Å². The number of piperidine rings is 1. The number of carbonyl (C=O) groups is 1. The zero-order valence-corrected chi connectivity index (χ0v) is 14.9. The van der Waals surface area contributed by atoms with Crippen LogP contribution in [0.4, 0.5) is 0 Å². The van der Waals surface area contributed by atoms with E-state index in [4.69, 9.17) is 5.73 Å². The Morgan fingerprint density at radius 1 is 1.28 bits per heavy atom. The van der Waals surface area contributed by atoms with Crippen molar-refractivity contribution in [2.24, 2.45) is 5.73 Å². The van der Waals surface area contributed by atoms with Gasteiger partial charge in [0.1, 0.15) is 5.69 Å². The molecular formula is C17H22N4O3S. The van der Waals surface area contributed by atoms with Gasteiger partial charge in [-0.1, -0.05) is 29.8 Å². The number of sulfonamides is 1. The van der Waals surface area contributed by atoms with Gasteiger partial charge in [-0.3, -0.25) is 9.89 Å². The minimum Gasteiger partial charge on any atom is -0.364 e. The summed E-state index contributed by atoms with van der Waals surface area (Å²) in [4.78, 5) is 11.1. The van der Waals surface area contributed by atoms with Crippen LogP contribution in [0.25, 0.3) is 0 Å². The van der Waals surface area contributed by atoms with Gasteiger partial charge in [0.2, 0.25) is 10.0 Å². The molecule has 1 aliphatic heterocycles. The first-order valence-electron chi connectivity index (χ1n) is 8.23. The van der Waals surface area contributed by atoms with Crippen LogP contribution in [0.3, 0.4) is 0 Å². The van der Waals surface area contributed by atoms with Crippen LogP contribution in [-0.4, -0.2) is 41.9 Å². The number of aromatic nitrogens is 2. The lowest BCUT2D eigenvalue weighted by atomic mass is 9.94. The first-order chi connectivity index (χ1) is 11.8. The minimum absolute atomic E-state index is 0.0217. The summed E-state index contributed by atoms with van der Waals surface area (Å²) in [5.74, 6) is -0.388. The number of hydrogen-bond donors (Lipinski definition) is 2. The smallest absolute Gasteiger partial charge is 0.269 e. The van der Waals surface area contributed by atoms with Crippen molar-refractivity contribution in [2.45, 2.75) is 31.4 Å². The molecule has 25 heavy (non-hydrogen) atoms. The zero-order chi connectivity index (χ0) is 18.0. The molecule has 0 spiro atoms. The summed E-state index contributed by atoms with van der Waals surface area (Å²) in [5, 5.41) is 6.73. The lowest BCUT2D eigenvalue weighted by Crippen LogP contribution is -2.38. The van der Waals surface area contributed by atoms with E-state index in [0.717, 1.165) is 16.8 Å². The first kappa shape index (κ1) is 17.6. The van der Waals surface area contributed by atoms with Crippen LogP contribution in [0, 0.1) is 6.92 Å². The lowest BCUT2D eigenvalue weighted by Gasteiger charge is -2.30. The Bertz CT molecular complexity index is 850. The number of rotatable bonds is 5. The number of aromatic amines is 1. The number of carbonyl (C=O) groups excluding carboxylic acids is 1. The van der Waals surface area contributed by atoms with E-state index in [-0.39, 0.29) is 17.4 Å². The van der Waals surface area contributed by atoms with Gasteiger partial charge in [-0.2, -0.15) is 5.10 Å². The van der Waals surface area contributed by atoms with E-state index in [1.807, 2.05) is 31.2 Å². The molecule has 1 aromatic heterocycles. The number of amides is 1. The Morgan fingerprint density at radius 3 is 2.48 bits per heavy atom. The average Bonchev–Trinajstić information content (AvgIpc) is 3.07. The van der Waals surface area contributed by atoms with Gasteiger partial charge < -0.3 is 5.73 Å². The van der Waals surface area contributed by atoms with Crippen molar-refractivity contribution < 1.29 is 13.2 Å². The van der Waals surface area contributed by atoms with Gasteiger partial charge in [0.15, 0.2) is 0 Å². The molecule has 0 aliphatic carbocycles. The SMILES string of the molecule is Cc1ccc(CS(=O)(=O)N2CCC(c3cc(C(N)=O)n[nH]3)CC2)cc1. The van der Waals surface area contributed by atoms with E-state index < -0.39 is 15.9 Å². The van der Waals surface area contributed by atoms with Crippen LogP contribution in [-0.2, 0) is 15.8 Å². The molecule has 7 nitrogen and oxygen atoms in total. The van der Waals surface area contributed by atoms with Gasteiger partial charge >= 0.3 is 0 Å². The van der Waals surface area contributed by atoms with E-state index in [0.29, 0.717) is 25.9 Å². The molecule has 3 rings (SSSR count). The molecule has 2 aromatic rings. The normalized spacial score (nSPS) is 16.8. The molecule has 1 saturated heterocycles. The fraction of sp³-hybridized carbons (Fsp3) is 0.412. The van der Waals surface area contributed by atoms with E-state index >= 15 is 0 Å². The molecule has 2 heterocycles. The summed E-state index contributed by atoms with van der Waals surface area (Å²) in [6.07, 6.45) is 1.38. The summed E-state index contributed by atoms with van der Waals surface area (Å²) >= 11 is 0. The highest BCUT2D eigenvalue weighted by Crippen LogP contribution is 2.29. The fourth-order valence-electron chi connectivity index (χ4n) is 3.10. The summed E-state index contributed by atoms with van der Waals surface area (Å²) in [7, 11) is -3.33. The average molecular weight is 362 g/mol. The number of nitrogens with one attached hydrogen (secondary N) is 1. The molecule has 0 atom stereocenters. The number of nitrogens with zero attached hydrogens (tertiary/aromatic N) is 2. The van der Waals surface area contributed by atoms with Crippen LogP contribution in [0.1, 0.15) is 46.1 Å². The first-order valence-corrected chi connectivity index (χ1v) is 9.84. The standard InChI is InChI=1S/C17H22N4O3S/c1-12-2-4-13(5-3-12)11-25(23,24)21-8-6-14(7-9-21)15-10-16(17(18)22)20-19-15/h2-5,10,14H,6-9,11H2,1H3,(H2,18,22)(H,19,20). The van der Waals surface area contributed by atoms with Gasteiger partial charge in [-0.15, -0.1) is 0 Å². The van der Waals surface area contributed by atoms with Crippen molar-refractivity contribution in [1.82, 2.24) is 14.5 Å². The predicted octanol–water partition coefficient (Wildman–Crippen LogP) is 1.53. The Labute approximate surface area is 147 Å². The van der Waals surface area contributed by atoms with Gasteiger partial charge in [0.05, 0.1) is 5.75 Å².